The molecule has 1 atom stereocenters. The molecule has 5 heteroatoms. The molecule has 0 bridgehead atoms. The predicted molar refractivity (Wildman–Crippen MR) is 79.5 cm³/mol. The number of rotatable bonds is 2. The van der Waals surface area contributed by atoms with Crippen molar-refractivity contribution < 1.29 is 9.90 Å². The number of aryl methyl sites for hydroxylation is 1. The van der Waals surface area contributed by atoms with E-state index in [1.165, 1.54) is 11.3 Å². The molecule has 3 nitrogen and oxygen atoms in total. The van der Waals surface area contributed by atoms with E-state index in [0.29, 0.717) is 6.42 Å². The summed E-state index contributed by atoms with van der Waals surface area (Å²) in [5.74, 6) is 0.0583. The first-order chi connectivity index (χ1) is 9.13. The maximum atomic E-state index is 11.3. The van der Waals surface area contributed by atoms with E-state index in [0.717, 1.165) is 31.9 Å². The molecule has 1 amide bonds. The lowest BCUT2D eigenvalue weighted by molar-refractivity contribution is -0.116. The molecular weight excluding hydrogens is 326 g/mol. The number of aliphatic hydroxyl groups excluding tert-OH is 1. The van der Waals surface area contributed by atoms with Gasteiger partial charge in [0.15, 0.2) is 0 Å². The van der Waals surface area contributed by atoms with Crippen LogP contribution in [0.25, 0.3) is 0 Å². The van der Waals surface area contributed by atoms with Crippen LogP contribution in [0, 0.1) is 0 Å². The second kappa shape index (κ2) is 5.07. The Morgan fingerprint density at radius 3 is 2.84 bits per heavy atom. The molecule has 2 heterocycles. The van der Waals surface area contributed by atoms with Crippen LogP contribution in [0.5, 0.6) is 0 Å². The Hall–Kier alpha value is -1.17. The Morgan fingerprint density at radius 2 is 2.11 bits per heavy atom. The molecular formula is C14H12BrNO2S. The van der Waals surface area contributed by atoms with E-state index < -0.39 is 6.10 Å². The van der Waals surface area contributed by atoms with Crippen LogP contribution in [0.2, 0.25) is 0 Å². The van der Waals surface area contributed by atoms with Crippen LogP contribution >= 0.6 is 27.3 Å². The fourth-order valence-corrected chi connectivity index (χ4v) is 3.65. The number of hydrogen-bond donors (Lipinski definition) is 2. The molecule has 1 aliphatic rings. The third kappa shape index (κ3) is 2.59. The number of amides is 1. The van der Waals surface area contributed by atoms with Crippen molar-refractivity contribution in [2.75, 3.05) is 5.32 Å². The Labute approximate surface area is 123 Å². The van der Waals surface area contributed by atoms with Crippen LogP contribution in [-0.4, -0.2) is 11.0 Å². The summed E-state index contributed by atoms with van der Waals surface area (Å²) in [5.41, 5.74) is 2.82. The molecule has 0 radical (unpaired) electrons. The van der Waals surface area contributed by atoms with Crippen LogP contribution in [0.4, 0.5) is 5.69 Å². The van der Waals surface area contributed by atoms with Crippen molar-refractivity contribution >= 4 is 38.9 Å². The quantitative estimate of drug-likeness (QED) is 0.881. The molecule has 0 spiro atoms. The first kappa shape index (κ1) is 12.8. The summed E-state index contributed by atoms with van der Waals surface area (Å²) in [6.07, 6.45) is 0.631. The topological polar surface area (TPSA) is 49.3 Å². The van der Waals surface area contributed by atoms with Gasteiger partial charge in [0.2, 0.25) is 5.91 Å². The summed E-state index contributed by atoms with van der Waals surface area (Å²) >= 11 is 4.92. The number of anilines is 1. The molecule has 98 valence electrons. The lowest BCUT2D eigenvalue weighted by Crippen LogP contribution is -2.19. The van der Waals surface area contributed by atoms with E-state index >= 15 is 0 Å². The fourth-order valence-electron chi connectivity index (χ4n) is 2.21. The van der Waals surface area contributed by atoms with Gasteiger partial charge in [-0.1, -0.05) is 12.1 Å². The van der Waals surface area contributed by atoms with Crippen molar-refractivity contribution in [3.8, 4) is 0 Å². The van der Waals surface area contributed by atoms with Crippen molar-refractivity contribution in [2.24, 2.45) is 0 Å². The summed E-state index contributed by atoms with van der Waals surface area (Å²) in [6.45, 7) is 0. The van der Waals surface area contributed by atoms with Gasteiger partial charge >= 0.3 is 0 Å². The minimum Gasteiger partial charge on any atom is -0.383 e. The number of carbonyl (C=O) groups is 1. The number of halogens is 1. The van der Waals surface area contributed by atoms with Crippen molar-refractivity contribution in [2.45, 2.75) is 18.9 Å². The van der Waals surface area contributed by atoms with Gasteiger partial charge in [-0.25, -0.2) is 0 Å². The first-order valence-corrected chi connectivity index (χ1v) is 7.60. The zero-order valence-corrected chi connectivity index (χ0v) is 12.4. The molecule has 2 aromatic rings. The van der Waals surface area contributed by atoms with E-state index in [9.17, 15) is 9.90 Å². The van der Waals surface area contributed by atoms with Crippen molar-refractivity contribution in [3.63, 3.8) is 0 Å². The predicted octanol–water partition coefficient (Wildman–Crippen LogP) is 3.48. The summed E-state index contributed by atoms with van der Waals surface area (Å²) in [6, 6.07) is 9.56. The number of hydrogen-bond acceptors (Lipinski definition) is 3. The van der Waals surface area contributed by atoms with Crippen LogP contribution in [0.3, 0.4) is 0 Å². The smallest absolute Gasteiger partial charge is 0.224 e. The van der Waals surface area contributed by atoms with Gasteiger partial charge in [-0.05, 0) is 51.7 Å². The number of carbonyl (C=O) groups excluding carboxylic acids is 1. The minimum atomic E-state index is -0.612. The highest BCUT2D eigenvalue weighted by Gasteiger charge is 2.18. The van der Waals surface area contributed by atoms with Gasteiger partial charge < -0.3 is 10.4 Å². The maximum absolute atomic E-state index is 11.3. The Morgan fingerprint density at radius 1 is 1.26 bits per heavy atom. The van der Waals surface area contributed by atoms with Gasteiger partial charge in [-0.3, -0.25) is 4.79 Å². The molecule has 0 fully saturated rings. The lowest BCUT2D eigenvalue weighted by Gasteiger charge is -2.19. The highest BCUT2D eigenvalue weighted by Crippen LogP contribution is 2.33. The molecule has 0 saturated carbocycles. The number of nitrogens with one attached hydrogen (secondary N) is 1. The zero-order valence-electron chi connectivity index (χ0n) is 10.0. The van der Waals surface area contributed by atoms with E-state index in [1.54, 1.807) is 0 Å². The standard InChI is InChI=1S/C14H12BrNO2S/c15-12-5-4-11(19-12)14(18)9-1-3-10-8(7-9)2-6-13(17)16-10/h1,3-5,7,14,18H,2,6H2,(H,16,17). The van der Waals surface area contributed by atoms with Crippen LogP contribution in [-0.2, 0) is 11.2 Å². The monoisotopic (exact) mass is 337 g/mol. The number of fused-ring (bicyclic) bond motifs is 1. The molecule has 0 saturated heterocycles. The molecule has 2 N–H and O–H groups in total. The summed E-state index contributed by atoms with van der Waals surface area (Å²) in [5, 5.41) is 13.2. The highest BCUT2D eigenvalue weighted by molar-refractivity contribution is 9.11. The van der Waals surface area contributed by atoms with Gasteiger partial charge in [0.1, 0.15) is 6.10 Å². The first-order valence-electron chi connectivity index (χ1n) is 5.99. The average Bonchev–Trinajstić information content (AvgIpc) is 2.84. The van der Waals surface area contributed by atoms with E-state index in [-0.39, 0.29) is 5.91 Å². The third-order valence-electron chi connectivity index (χ3n) is 3.20. The highest BCUT2D eigenvalue weighted by atomic mass is 79.9. The molecule has 1 aromatic carbocycles. The van der Waals surface area contributed by atoms with Gasteiger partial charge in [0.05, 0.1) is 3.79 Å². The lowest BCUT2D eigenvalue weighted by atomic mass is 9.98. The largest absolute Gasteiger partial charge is 0.383 e. The number of thiophene rings is 1. The van der Waals surface area contributed by atoms with Gasteiger partial charge in [0.25, 0.3) is 0 Å². The number of benzene rings is 1. The van der Waals surface area contributed by atoms with Crippen molar-refractivity contribution in [1.29, 1.82) is 0 Å². The average molecular weight is 338 g/mol. The molecule has 1 aromatic heterocycles. The summed E-state index contributed by atoms with van der Waals surface area (Å²) in [4.78, 5) is 12.2. The Kier molecular flexibility index (Phi) is 3.43. The molecule has 1 unspecified atom stereocenters. The fraction of sp³-hybridized carbons (Fsp3) is 0.214. The molecule has 19 heavy (non-hydrogen) atoms. The SMILES string of the molecule is O=C1CCc2cc(C(O)c3ccc(Br)s3)ccc2N1. The van der Waals surface area contributed by atoms with Crippen LogP contribution in [0.15, 0.2) is 34.1 Å². The van der Waals surface area contributed by atoms with Gasteiger partial charge in [-0.15, -0.1) is 11.3 Å². The van der Waals surface area contributed by atoms with E-state index in [2.05, 4.69) is 21.2 Å². The van der Waals surface area contributed by atoms with Crippen molar-refractivity contribution in [3.05, 3.63) is 50.1 Å². The van der Waals surface area contributed by atoms with Crippen LogP contribution < -0.4 is 5.32 Å². The van der Waals surface area contributed by atoms with E-state index in [4.69, 9.17) is 0 Å². The van der Waals surface area contributed by atoms with Crippen LogP contribution in [0.1, 0.15) is 28.5 Å². The van der Waals surface area contributed by atoms with E-state index in [1.807, 2.05) is 30.3 Å². The maximum Gasteiger partial charge on any atom is 0.224 e. The zero-order chi connectivity index (χ0) is 13.4. The third-order valence-corrected chi connectivity index (χ3v) is 4.88. The second-order valence-electron chi connectivity index (χ2n) is 4.51. The number of aliphatic hydroxyl groups is 1. The molecule has 0 aliphatic carbocycles. The van der Waals surface area contributed by atoms with Crippen molar-refractivity contribution in [1.82, 2.24) is 0 Å². The van der Waals surface area contributed by atoms with Gasteiger partial charge in [0, 0.05) is 17.0 Å². The second-order valence-corrected chi connectivity index (χ2v) is 7.00. The summed E-state index contributed by atoms with van der Waals surface area (Å²) in [7, 11) is 0. The normalized spacial score (nSPS) is 15.8. The molecule has 1 aliphatic heterocycles. The minimum absolute atomic E-state index is 0.0583. The summed E-state index contributed by atoms with van der Waals surface area (Å²) < 4.78 is 1.01. The molecule has 3 rings (SSSR count). The Balaban J connectivity index is 1.92. The van der Waals surface area contributed by atoms with Gasteiger partial charge in [-0.2, -0.15) is 0 Å². The Bertz CT molecular complexity index is 638.